The Hall–Kier alpha value is -2.43. The molecule has 4 nitrogen and oxygen atoms in total. The molecule has 0 saturated carbocycles. The molecular formula is C14H12FN3O. The predicted molar refractivity (Wildman–Crippen MR) is 71.4 cm³/mol. The molecule has 0 aliphatic carbocycles. The molecule has 0 saturated heterocycles. The normalized spacial score (nSPS) is 10.8. The summed E-state index contributed by atoms with van der Waals surface area (Å²) in [5.74, 6) is 0.865. The molecule has 1 aromatic carbocycles. The van der Waals surface area contributed by atoms with Gasteiger partial charge >= 0.3 is 0 Å². The zero-order valence-electron chi connectivity index (χ0n) is 10.4. The average Bonchev–Trinajstić information content (AvgIpc) is 2.82. The Balaban J connectivity index is 2.05. The lowest BCUT2D eigenvalue weighted by Crippen LogP contribution is -2.01. The minimum Gasteiger partial charge on any atom is -0.454 e. The summed E-state index contributed by atoms with van der Waals surface area (Å²) in [5.41, 5.74) is 1.31. The number of benzene rings is 1. The van der Waals surface area contributed by atoms with Crippen LogP contribution in [0.2, 0.25) is 0 Å². The maximum absolute atomic E-state index is 13.1. The van der Waals surface area contributed by atoms with Gasteiger partial charge in [-0.1, -0.05) is 0 Å². The highest BCUT2D eigenvalue weighted by Crippen LogP contribution is 2.27. The quantitative estimate of drug-likeness (QED) is 0.780. The fourth-order valence-corrected chi connectivity index (χ4v) is 1.88. The van der Waals surface area contributed by atoms with Crippen LogP contribution in [0.5, 0.6) is 0 Å². The fraction of sp³-hybridized carbons (Fsp3) is 0.143. The van der Waals surface area contributed by atoms with E-state index in [0.717, 1.165) is 11.9 Å². The van der Waals surface area contributed by atoms with Gasteiger partial charge in [0, 0.05) is 18.1 Å². The van der Waals surface area contributed by atoms with Crippen LogP contribution in [0.15, 0.2) is 40.9 Å². The van der Waals surface area contributed by atoms with Crippen molar-refractivity contribution in [3.63, 3.8) is 0 Å². The van der Waals surface area contributed by atoms with Crippen molar-refractivity contribution in [3.05, 3.63) is 42.3 Å². The van der Waals surface area contributed by atoms with E-state index in [1.807, 2.05) is 6.92 Å². The van der Waals surface area contributed by atoms with Gasteiger partial charge in [0.25, 0.3) is 0 Å². The number of hydrogen-bond donors (Lipinski definition) is 1. The fourth-order valence-electron chi connectivity index (χ4n) is 1.88. The van der Waals surface area contributed by atoms with Crippen molar-refractivity contribution in [2.75, 3.05) is 11.9 Å². The lowest BCUT2D eigenvalue weighted by atomic mass is 10.2. The van der Waals surface area contributed by atoms with Crippen LogP contribution in [-0.4, -0.2) is 16.5 Å². The van der Waals surface area contributed by atoms with Gasteiger partial charge in [-0.05, 0) is 37.3 Å². The topological polar surface area (TPSA) is 51.0 Å². The highest BCUT2D eigenvalue weighted by Gasteiger charge is 2.09. The van der Waals surface area contributed by atoms with E-state index in [-0.39, 0.29) is 5.82 Å². The van der Waals surface area contributed by atoms with E-state index in [2.05, 4.69) is 15.3 Å². The smallest absolute Gasteiger partial charge is 0.223 e. The van der Waals surface area contributed by atoms with Crippen LogP contribution in [0.3, 0.4) is 0 Å². The van der Waals surface area contributed by atoms with Crippen LogP contribution in [0.4, 0.5) is 10.3 Å². The third kappa shape index (κ3) is 2.27. The van der Waals surface area contributed by atoms with Gasteiger partial charge in [-0.15, -0.1) is 0 Å². The summed E-state index contributed by atoms with van der Waals surface area (Å²) in [7, 11) is 0. The van der Waals surface area contributed by atoms with Crippen molar-refractivity contribution in [2.24, 2.45) is 0 Å². The van der Waals surface area contributed by atoms with Crippen LogP contribution in [0.25, 0.3) is 22.4 Å². The molecule has 0 aliphatic rings. The SMILES string of the molecule is CCNc1nccc(-c2cc3cc(F)ccc3o2)n1. The third-order valence-electron chi connectivity index (χ3n) is 2.72. The van der Waals surface area contributed by atoms with Gasteiger partial charge in [0.15, 0.2) is 5.76 Å². The highest BCUT2D eigenvalue weighted by atomic mass is 19.1. The molecule has 3 rings (SSSR count). The van der Waals surface area contributed by atoms with Crippen LogP contribution < -0.4 is 5.32 Å². The molecule has 0 atom stereocenters. The predicted octanol–water partition coefficient (Wildman–Crippen LogP) is 3.46. The number of anilines is 1. The van der Waals surface area contributed by atoms with E-state index in [0.29, 0.717) is 23.0 Å². The maximum Gasteiger partial charge on any atom is 0.223 e. The standard InChI is InChI=1S/C14H12FN3O/c1-2-16-14-17-6-5-11(18-14)13-8-9-7-10(15)3-4-12(9)19-13/h3-8H,2H2,1H3,(H,16,17,18). The van der Waals surface area contributed by atoms with E-state index in [9.17, 15) is 4.39 Å². The van der Waals surface area contributed by atoms with E-state index in [4.69, 9.17) is 4.42 Å². The molecule has 2 aromatic heterocycles. The van der Waals surface area contributed by atoms with Gasteiger partial charge in [0.1, 0.15) is 17.1 Å². The molecule has 0 fully saturated rings. The molecule has 0 bridgehead atoms. The molecule has 0 unspecified atom stereocenters. The molecular weight excluding hydrogens is 245 g/mol. The first kappa shape index (κ1) is 11.6. The van der Waals surface area contributed by atoms with Crippen molar-refractivity contribution >= 4 is 16.9 Å². The monoisotopic (exact) mass is 257 g/mol. The average molecular weight is 257 g/mol. The summed E-state index contributed by atoms with van der Waals surface area (Å²) >= 11 is 0. The van der Waals surface area contributed by atoms with Crippen molar-refractivity contribution in [1.82, 2.24) is 9.97 Å². The Labute approximate surface area is 109 Å². The first-order valence-corrected chi connectivity index (χ1v) is 6.02. The minimum atomic E-state index is -0.282. The second-order valence-corrected chi connectivity index (χ2v) is 4.09. The second kappa shape index (κ2) is 4.68. The van der Waals surface area contributed by atoms with Gasteiger partial charge in [-0.25, -0.2) is 14.4 Å². The summed E-state index contributed by atoms with van der Waals surface area (Å²) in [6, 6.07) is 7.96. The van der Waals surface area contributed by atoms with E-state index < -0.39 is 0 Å². The molecule has 0 spiro atoms. The summed E-state index contributed by atoms with van der Waals surface area (Å²) < 4.78 is 18.8. The summed E-state index contributed by atoms with van der Waals surface area (Å²) in [6.45, 7) is 2.72. The largest absolute Gasteiger partial charge is 0.454 e. The van der Waals surface area contributed by atoms with E-state index in [1.165, 1.54) is 12.1 Å². The Morgan fingerprint density at radius 3 is 3.00 bits per heavy atom. The van der Waals surface area contributed by atoms with Crippen molar-refractivity contribution < 1.29 is 8.81 Å². The first-order valence-electron chi connectivity index (χ1n) is 6.02. The molecule has 0 radical (unpaired) electrons. The zero-order valence-corrected chi connectivity index (χ0v) is 10.4. The summed E-state index contributed by atoms with van der Waals surface area (Å²) in [4.78, 5) is 8.44. The highest BCUT2D eigenvalue weighted by molar-refractivity contribution is 5.82. The number of halogens is 1. The maximum atomic E-state index is 13.1. The van der Waals surface area contributed by atoms with Crippen LogP contribution in [-0.2, 0) is 0 Å². The van der Waals surface area contributed by atoms with Gasteiger partial charge in [0.05, 0.1) is 0 Å². The molecule has 3 aromatic rings. The molecule has 19 heavy (non-hydrogen) atoms. The lowest BCUT2D eigenvalue weighted by Gasteiger charge is -2.01. The molecule has 96 valence electrons. The zero-order chi connectivity index (χ0) is 13.2. The van der Waals surface area contributed by atoms with Crippen LogP contribution in [0.1, 0.15) is 6.92 Å². The molecule has 1 N–H and O–H groups in total. The number of furan rings is 1. The van der Waals surface area contributed by atoms with Crippen molar-refractivity contribution in [3.8, 4) is 11.5 Å². The lowest BCUT2D eigenvalue weighted by molar-refractivity contribution is 0.617. The Morgan fingerprint density at radius 1 is 1.26 bits per heavy atom. The summed E-state index contributed by atoms with van der Waals surface area (Å²) in [6.07, 6.45) is 1.66. The number of fused-ring (bicyclic) bond motifs is 1. The van der Waals surface area contributed by atoms with Crippen molar-refractivity contribution in [2.45, 2.75) is 6.92 Å². The first-order chi connectivity index (χ1) is 9.26. The van der Waals surface area contributed by atoms with Crippen LogP contribution >= 0.6 is 0 Å². The Bertz CT molecular complexity index is 724. The van der Waals surface area contributed by atoms with Gasteiger partial charge in [0.2, 0.25) is 5.95 Å². The molecule has 2 heterocycles. The Morgan fingerprint density at radius 2 is 2.16 bits per heavy atom. The van der Waals surface area contributed by atoms with E-state index >= 15 is 0 Å². The summed E-state index contributed by atoms with van der Waals surface area (Å²) in [5, 5.41) is 3.76. The number of nitrogens with one attached hydrogen (secondary N) is 1. The van der Waals surface area contributed by atoms with Crippen molar-refractivity contribution in [1.29, 1.82) is 0 Å². The van der Waals surface area contributed by atoms with Gasteiger partial charge in [-0.3, -0.25) is 0 Å². The minimum absolute atomic E-state index is 0.282. The number of rotatable bonds is 3. The van der Waals surface area contributed by atoms with E-state index in [1.54, 1.807) is 24.4 Å². The number of nitrogens with zero attached hydrogens (tertiary/aromatic N) is 2. The Kier molecular flexibility index (Phi) is 2.87. The second-order valence-electron chi connectivity index (χ2n) is 4.09. The molecule has 0 aliphatic heterocycles. The third-order valence-corrected chi connectivity index (χ3v) is 2.72. The van der Waals surface area contributed by atoms with Gasteiger partial charge in [-0.2, -0.15) is 0 Å². The molecule has 5 heteroatoms. The van der Waals surface area contributed by atoms with Crippen LogP contribution in [0, 0.1) is 5.82 Å². The van der Waals surface area contributed by atoms with Gasteiger partial charge < -0.3 is 9.73 Å². The number of aromatic nitrogens is 2. The number of hydrogen-bond acceptors (Lipinski definition) is 4. The molecule has 0 amide bonds.